The van der Waals surface area contributed by atoms with Crippen molar-refractivity contribution in [2.75, 3.05) is 11.9 Å². The maximum atomic E-state index is 5.53. The zero-order valence-corrected chi connectivity index (χ0v) is 11.0. The summed E-state index contributed by atoms with van der Waals surface area (Å²) in [5.41, 5.74) is 1.22. The fraction of sp³-hybridized carbons (Fsp3) is 0.500. The second-order valence-electron chi connectivity index (χ2n) is 3.90. The summed E-state index contributed by atoms with van der Waals surface area (Å²) in [6.45, 7) is 2.89. The third-order valence-corrected chi connectivity index (χ3v) is 3.36. The van der Waals surface area contributed by atoms with Gasteiger partial charge < -0.3 is 10.1 Å². The largest absolute Gasteiger partial charge is 0.382 e. The summed E-state index contributed by atoms with van der Waals surface area (Å²) in [4.78, 5) is 0. The molecule has 0 spiro atoms. The third kappa shape index (κ3) is 3.08. The van der Waals surface area contributed by atoms with E-state index in [0.29, 0.717) is 12.1 Å². The van der Waals surface area contributed by atoms with Crippen LogP contribution in [-0.4, -0.2) is 18.8 Å². The van der Waals surface area contributed by atoms with Crippen LogP contribution in [0.1, 0.15) is 19.8 Å². The van der Waals surface area contributed by atoms with Crippen molar-refractivity contribution in [3.63, 3.8) is 0 Å². The van der Waals surface area contributed by atoms with E-state index >= 15 is 0 Å². The minimum atomic E-state index is 0.482. The van der Waals surface area contributed by atoms with Gasteiger partial charge in [0, 0.05) is 21.9 Å². The van der Waals surface area contributed by atoms with Crippen LogP contribution < -0.4 is 5.32 Å². The van der Waals surface area contributed by atoms with Gasteiger partial charge in [0.15, 0.2) is 0 Å². The van der Waals surface area contributed by atoms with Crippen LogP contribution >= 0.6 is 22.6 Å². The van der Waals surface area contributed by atoms with Gasteiger partial charge in [-0.1, -0.05) is 6.07 Å². The van der Waals surface area contributed by atoms with Crippen LogP contribution in [0.15, 0.2) is 24.3 Å². The Balaban J connectivity index is 1.80. The highest BCUT2D eigenvalue weighted by Gasteiger charge is 2.29. The van der Waals surface area contributed by atoms with Crippen LogP contribution in [0.25, 0.3) is 0 Å². The van der Waals surface area contributed by atoms with Crippen LogP contribution in [0.4, 0.5) is 5.69 Å². The SMILES string of the molecule is CCOC1CC(Nc2cccc(I)c2)C1. The number of benzene rings is 1. The Hall–Kier alpha value is -0.290. The molecule has 82 valence electrons. The zero-order chi connectivity index (χ0) is 10.7. The molecule has 1 saturated carbocycles. The van der Waals surface area contributed by atoms with Gasteiger partial charge in [0.2, 0.25) is 0 Å². The molecular formula is C12H16INO. The van der Waals surface area contributed by atoms with Gasteiger partial charge in [-0.2, -0.15) is 0 Å². The lowest BCUT2D eigenvalue weighted by Gasteiger charge is -2.36. The lowest BCUT2D eigenvalue weighted by molar-refractivity contribution is 0.00299. The molecule has 3 heteroatoms. The van der Waals surface area contributed by atoms with Crippen LogP contribution in [0.2, 0.25) is 0 Å². The van der Waals surface area contributed by atoms with Crippen LogP contribution in [0.3, 0.4) is 0 Å². The Labute approximate surface area is 105 Å². The molecule has 0 saturated heterocycles. The van der Waals surface area contributed by atoms with Gasteiger partial charge in [-0.3, -0.25) is 0 Å². The molecule has 15 heavy (non-hydrogen) atoms. The van der Waals surface area contributed by atoms with E-state index < -0.39 is 0 Å². The molecule has 2 nitrogen and oxygen atoms in total. The molecule has 1 aliphatic carbocycles. The van der Waals surface area contributed by atoms with E-state index in [9.17, 15) is 0 Å². The number of rotatable bonds is 4. The van der Waals surface area contributed by atoms with Crippen molar-refractivity contribution in [3.8, 4) is 0 Å². The molecule has 2 rings (SSSR count). The number of nitrogens with one attached hydrogen (secondary N) is 1. The van der Waals surface area contributed by atoms with Crippen LogP contribution in [-0.2, 0) is 4.74 Å². The molecule has 1 aliphatic rings. The molecule has 1 fully saturated rings. The minimum absolute atomic E-state index is 0.482. The smallest absolute Gasteiger partial charge is 0.0614 e. The molecule has 0 unspecified atom stereocenters. The highest BCUT2D eigenvalue weighted by molar-refractivity contribution is 14.1. The zero-order valence-electron chi connectivity index (χ0n) is 8.87. The lowest BCUT2D eigenvalue weighted by atomic mass is 9.89. The van der Waals surface area contributed by atoms with E-state index in [0.717, 1.165) is 19.4 Å². The van der Waals surface area contributed by atoms with E-state index in [1.807, 2.05) is 0 Å². The summed E-state index contributed by atoms with van der Waals surface area (Å²) in [6.07, 6.45) is 2.76. The standard InChI is InChI=1S/C12H16INO/c1-2-15-12-7-11(8-12)14-10-5-3-4-9(13)6-10/h3-6,11-12,14H,2,7-8H2,1H3. The summed E-state index contributed by atoms with van der Waals surface area (Å²) in [5, 5.41) is 3.52. The first-order valence-corrected chi connectivity index (χ1v) is 6.49. The summed E-state index contributed by atoms with van der Waals surface area (Å²) in [7, 11) is 0. The van der Waals surface area contributed by atoms with Gasteiger partial charge in [0.05, 0.1) is 6.10 Å². The monoisotopic (exact) mass is 317 g/mol. The third-order valence-electron chi connectivity index (χ3n) is 2.69. The Morgan fingerprint density at radius 2 is 2.27 bits per heavy atom. The first-order valence-electron chi connectivity index (χ1n) is 5.41. The normalized spacial score (nSPS) is 24.7. The van der Waals surface area contributed by atoms with E-state index in [1.54, 1.807) is 0 Å². The van der Waals surface area contributed by atoms with Crippen molar-refractivity contribution in [2.24, 2.45) is 0 Å². The minimum Gasteiger partial charge on any atom is -0.382 e. The van der Waals surface area contributed by atoms with Crippen molar-refractivity contribution >= 4 is 28.3 Å². The van der Waals surface area contributed by atoms with Gasteiger partial charge in [0.25, 0.3) is 0 Å². The van der Waals surface area contributed by atoms with Gasteiger partial charge in [-0.15, -0.1) is 0 Å². The molecule has 0 aliphatic heterocycles. The molecule has 0 radical (unpaired) electrons. The second-order valence-corrected chi connectivity index (χ2v) is 5.15. The van der Waals surface area contributed by atoms with E-state index in [-0.39, 0.29) is 0 Å². The first kappa shape index (κ1) is 11.2. The number of anilines is 1. The first-order chi connectivity index (χ1) is 7.28. The molecule has 0 heterocycles. The maximum absolute atomic E-state index is 5.53. The van der Waals surface area contributed by atoms with Gasteiger partial charge in [0.1, 0.15) is 0 Å². The van der Waals surface area contributed by atoms with E-state index in [2.05, 4.69) is 59.1 Å². The summed E-state index contributed by atoms with van der Waals surface area (Å²) in [6, 6.07) is 9.09. The predicted molar refractivity (Wildman–Crippen MR) is 71.2 cm³/mol. The number of halogens is 1. The van der Waals surface area contributed by atoms with Crippen molar-refractivity contribution in [3.05, 3.63) is 27.8 Å². The highest BCUT2D eigenvalue weighted by atomic mass is 127. The number of hydrogen-bond acceptors (Lipinski definition) is 2. The molecule has 0 bridgehead atoms. The molecule has 0 amide bonds. The summed E-state index contributed by atoms with van der Waals surface area (Å²) in [5.74, 6) is 0. The lowest BCUT2D eigenvalue weighted by Crippen LogP contribution is -2.40. The summed E-state index contributed by atoms with van der Waals surface area (Å²) >= 11 is 2.34. The quantitative estimate of drug-likeness (QED) is 0.861. The Morgan fingerprint density at radius 1 is 1.47 bits per heavy atom. The van der Waals surface area contributed by atoms with E-state index in [4.69, 9.17) is 4.74 Å². The van der Waals surface area contributed by atoms with Gasteiger partial charge >= 0.3 is 0 Å². The molecule has 1 N–H and O–H groups in total. The number of ether oxygens (including phenoxy) is 1. The van der Waals surface area contributed by atoms with Gasteiger partial charge in [-0.25, -0.2) is 0 Å². The Morgan fingerprint density at radius 3 is 2.93 bits per heavy atom. The molecular weight excluding hydrogens is 301 g/mol. The molecule has 1 aromatic rings. The average Bonchev–Trinajstić information content (AvgIpc) is 2.15. The summed E-state index contributed by atoms with van der Waals surface area (Å²) < 4.78 is 6.80. The average molecular weight is 317 g/mol. The molecule has 0 aromatic heterocycles. The van der Waals surface area contributed by atoms with Crippen LogP contribution in [0, 0.1) is 3.57 Å². The van der Waals surface area contributed by atoms with Crippen molar-refractivity contribution in [1.82, 2.24) is 0 Å². The van der Waals surface area contributed by atoms with Crippen molar-refractivity contribution < 1.29 is 4.74 Å². The fourth-order valence-corrected chi connectivity index (χ4v) is 2.41. The Kier molecular flexibility index (Phi) is 3.86. The highest BCUT2D eigenvalue weighted by Crippen LogP contribution is 2.27. The predicted octanol–water partition coefficient (Wildman–Crippen LogP) is 3.27. The number of hydrogen-bond donors (Lipinski definition) is 1. The fourth-order valence-electron chi connectivity index (χ4n) is 1.87. The molecule has 1 aromatic carbocycles. The second kappa shape index (κ2) is 5.16. The Bertz CT molecular complexity index is 323. The van der Waals surface area contributed by atoms with Crippen LogP contribution in [0.5, 0.6) is 0 Å². The maximum Gasteiger partial charge on any atom is 0.0614 e. The topological polar surface area (TPSA) is 21.3 Å². The van der Waals surface area contributed by atoms with Crippen molar-refractivity contribution in [1.29, 1.82) is 0 Å². The van der Waals surface area contributed by atoms with Crippen molar-refractivity contribution in [2.45, 2.75) is 31.9 Å². The van der Waals surface area contributed by atoms with E-state index in [1.165, 1.54) is 9.26 Å². The van der Waals surface area contributed by atoms with Gasteiger partial charge in [-0.05, 0) is 60.6 Å². The molecule has 0 atom stereocenters.